The minimum atomic E-state index is -0.375. The molecule has 1 saturated carbocycles. The van der Waals surface area contributed by atoms with Gasteiger partial charge in [0.05, 0.1) is 12.7 Å². The lowest BCUT2D eigenvalue weighted by Crippen LogP contribution is -2.33. The fraction of sp³-hybridized carbons (Fsp3) is 0.292. The van der Waals surface area contributed by atoms with Gasteiger partial charge in [-0.15, -0.1) is 0 Å². The molecule has 2 aromatic carbocycles. The van der Waals surface area contributed by atoms with E-state index in [-0.39, 0.29) is 23.5 Å². The van der Waals surface area contributed by atoms with E-state index in [9.17, 15) is 14.9 Å². The van der Waals surface area contributed by atoms with Crippen molar-refractivity contribution in [2.24, 2.45) is 0 Å². The maximum Gasteiger partial charge on any atom is 0.337 e. The Kier molecular flexibility index (Phi) is 7.23. The third kappa shape index (κ3) is 5.71. The van der Waals surface area contributed by atoms with Gasteiger partial charge in [-0.2, -0.15) is 5.26 Å². The van der Waals surface area contributed by atoms with Crippen LogP contribution in [-0.4, -0.2) is 25.0 Å². The molecule has 0 spiro atoms. The molecule has 3 rings (SSSR count). The van der Waals surface area contributed by atoms with Crippen LogP contribution in [0.4, 0.5) is 0 Å². The van der Waals surface area contributed by atoms with Gasteiger partial charge < -0.3 is 14.8 Å². The fourth-order valence-electron chi connectivity index (χ4n) is 3.33. The molecule has 0 saturated heterocycles. The van der Waals surface area contributed by atoms with E-state index < -0.39 is 0 Å². The first-order valence-electron chi connectivity index (χ1n) is 9.92. The van der Waals surface area contributed by atoms with Crippen LogP contribution >= 0.6 is 0 Å². The largest absolute Gasteiger partial charge is 0.489 e. The minimum Gasteiger partial charge on any atom is -0.489 e. The predicted molar refractivity (Wildman–Crippen MR) is 113 cm³/mol. The van der Waals surface area contributed by atoms with Crippen LogP contribution < -0.4 is 10.1 Å². The molecule has 0 unspecified atom stereocenters. The Bertz CT molecular complexity index is 950. The molecule has 1 fully saturated rings. The normalized spacial score (nSPS) is 14.1. The summed E-state index contributed by atoms with van der Waals surface area (Å²) in [5, 5.41) is 12.3. The molecular weight excluding hydrogens is 380 g/mol. The summed E-state index contributed by atoms with van der Waals surface area (Å²) >= 11 is 0. The number of carbonyl (C=O) groups is 2. The number of hydrogen-bond acceptors (Lipinski definition) is 5. The van der Waals surface area contributed by atoms with Crippen molar-refractivity contribution in [2.45, 2.75) is 38.3 Å². The number of hydrogen-bond donors (Lipinski definition) is 1. The SMILES string of the molecule is COC(=O)c1ccc(COc2ccc(/C=C(\C#N)C(=O)NC3CCCC3)cc2)cc1. The molecule has 1 aliphatic carbocycles. The van der Waals surface area contributed by atoms with Crippen molar-refractivity contribution in [3.8, 4) is 11.8 Å². The number of benzene rings is 2. The lowest BCUT2D eigenvalue weighted by atomic mass is 10.1. The molecule has 1 amide bonds. The lowest BCUT2D eigenvalue weighted by Gasteiger charge is -2.11. The van der Waals surface area contributed by atoms with Crippen molar-refractivity contribution in [3.63, 3.8) is 0 Å². The molecule has 0 aliphatic heterocycles. The zero-order valence-electron chi connectivity index (χ0n) is 16.9. The molecule has 0 heterocycles. The number of nitriles is 1. The van der Waals surface area contributed by atoms with Gasteiger partial charge >= 0.3 is 5.97 Å². The summed E-state index contributed by atoms with van der Waals surface area (Å²) < 4.78 is 10.4. The van der Waals surface area contributed by atoms with Crippen molar-refractivity contribution in [1.82, 2.24) is 5.32 Å². The second-order valence-corrected chi connectivity index (χ2v) is 7.17. The number of carbonyl (C=O) groups excluding carboxylic acids is 2. The summed E-state index contributed by atoms with van der Waals surface area (Å²) in [6.45, 7) is 0.351. The van der Waals surface area contributed by atoms with Gasteiger partial charge in [0.2, 0.25) is 0 Å². The number of rotatable bonds is 7. The molecule has 0 bridgehead atoms. The van der Waals surface area contributed by atoms with Gasteiger partial charge in [0.1, 0.15) is 24.0 Å². The standard InChI is InChI=1S/C24H24N2O4/c1-29-24(28)19-10-6-18(7-11-19)16-30-22-12-8-17(9-13-22)14-20(15-25)23(27)26-21-4-2-3-5-21/h6-14,21H,2-5,16H2,1H3,(H,26,27)/b20-14+. The van der Waals surface area contributed by atoms with Crippen molar-refractivity contribution in [3.05, 3.63) is 70.8 Å². The van der Waals surface area contributed by atoms with Crippen LogP contribution in [0.15, 0.2) is 54.1 Å². The van der Waals surface area contributed by atoms with Crippen molar-refractivity contribution in [2.75, 3.05) is 7.11 Å². The van der Waals surface area contributed by atoms with Crippen LogP contribution in [0, 0.1) is 11.3 Å². The molecule has 0 atom stereocenters. The highest BCUT2D eigenvalue weighted by Crippen LogP contribution is 2.19. The fourth-order valence-corrected chi connectivity index (χ4v) is 3.33. The van der Waals surface area contributed by atoms with Gasteiger partial charge in [0.25, 0.3) is 5.91 Å². The van der Waals surface area contributed by atoms with E-state index in [1.165, 1.54) is 7.11 Å². The molecule has 0 aromatic heterocycles. The monoisotopic (exact) mass is 404 g/mol. The maximum absolute atomic E-state index is 12.3. The van der Waals surface area contributed by atoms with Crippen LogP contribution in [0.5, 0.6) is 5.75 Å². The van der Waals surface area contributed by atoms with E-state index >= 15 is 0 Å². The summed E-state index contributed by atoms with van der Waals surface area (Å²) in [6, 6.07) is 16.4. The Morgan fingerprint density at radius 3 is 2.37 bits per heavy atom. The molecule has 1 aliphatic rings. The molecule has 154 valence electrons. The van der Waals surface area contributed by atoms with Crippen LogP contribution in [0.2, 0.25) is 0 Å². The van der Waals surface area contributed by atoms with Gasteiger partial charge in [-0.1, -0.05) is 37.1 Å². The molecule has 30 heavy (non-hydrogen) atoms. The highest BCUT2D eigenvalue weighted by Gasteiger charge is 2.19. The topological polar surface area (TPSA) is 88.4 Å². The molecule has 2 aromatic rings. The molecule has 0 radical (unpaired) electrons. The molecular formula is C24H24N2O4. The zero-order valence-corrected chi connectivity index (χ0v) is 16.9. The quantitative estimate of drug-likeness (QED) is 0.428. The minimum absolute atomic E-state index is 0.0984. The smallest absolute Gasteiger partial charge is 0.337 e. The van der Waals surface area contributed by atoms with Gasteiger partial charge in [0.15, 0.2) is 0 Å². The van der Waals surface area contributed by atoms with Gasteiger partial charge in [0, 0.05) is 6.04 Å². The number of ether oxygens (including phenoxy) is 2. The number of esters is 1. The summed E-state index contributed by atoms with van der Waals surface area (Å²) in [5.74, 6) is -0.0296. The van der Waals surface area contributed by atoms with Crippen LogP contribution in [0.25, 0.3) is 6.08 Å². The third-order valence-electron chi connectivity index (χ3n) is 5.03. The van der Waals surface area contributed by atoms with E-state index in [0.29, 0.717) is 17.9 Å². The predicted octanol–water partition coefficient (Wildman–Crippen LogP) is 4.02. The van der Waals surface area contributed by atoms with Crippen molar-refractivity contribution >= 4 is 18.0 Å². The number of amides is 1. The zero-order chi connectivity index (χ0) is 21.3. The summed E-state index contributed by atoms with van der Waals surface area (Å²) in [7, 11) is 1.35. The Hall–Kier alpha value is -3.59. The Labute approximate surface area is 176 Å². The van der Waals surface area contributed by atoms with Crippen LogP contribution in [0.3, 0.4) is 0 Å². The van der Waals surface area contributed by atoms with E-state index in [0.717, 1.165) is 36.8 Å². The third-order valence-corrected chi connectivity index (χ3v) is 5.03. The second kappa shape index (κ2) is 10.3. The highest BCUT2D eigenvalue weighted by molar-refractivity contribution is 6.01. The average Bonchev–Trinajstić information content (AvgIpc) is 3.29. The lowest BCUT2D eigenvalue weighted by molar-refractivity contribution is -0.117. The first-order valence-corrected chi connectivity index (χ1v) is 9.92. The Morgan fingerprint density at radius 2 is 1.77 bits per heavy atom. The second-order valence-electron chi connectivity index (χ2n) is 7.17. The van der Waals surface area contributed by atoms with E-state index in [4.69, 9.17) is 4.74 Å². The average molecular weight is 404 g/mol. The summed E-state index contributed by atoms with van der Waals surface area (Å²) in [5.41, 5.74) is 2.26. The highest BCUT2D eigenvalue weighted by atomic mass is 16.5. The Morgan fingerprint density at radius 1 is 1.10 bits per heavy atom. The van der Waals surface area contributed by atoms with E-state index in [1.54, 1.807) is 42.5 Å². The number of methoxy groups -OCH3 is 1. The molecule has 6 nitrogen and oxygen atoms in total. The summed E-state index contributed by atoms with van der Waals surface area (Å²) in [4.78, 5) is 23.7. The van der Waals surface area contributed by atoms with Crippen LogP contribution in [-0.2, 0) is 16.1 Å². The summed E-state index contributed by atoms with van der Waals surface area (Å²) in [6.07, 6.45) is 5.77. The Balaban J connectivity index is 1.57. The van der Waals surface area contributed by atoms with Gasteiger partial charge in [-0.3, -0.25) is 4.79 Å². The van der Waals surface area contributed by atoms with Crippen molar-refractivity contribution < 1.29 is 19.1 Å². The number of nitrogens with one attached hydrogen (secondary N) is 1. The van der Waals surface area contributed by atoms with E-state index in [2.05, 4.69) is 10.1 Å². The first kappa shape index (κ1) is 21.1. The van der Waals surface area contributed by atoms with Crippen LogP contribution in [0.1, 0.15) is 47.2 Å². The van der Waals surface area contributed by atoms with E-state index in [1.807, 2.05) is 18.2 Å². The first-order chi connectivity index (χ1) is 14.6. The van der Waals surface area contributed by atoms with Crippen molar-refractivity contribution in [1.29, 1.82) is 5.26 Å². The van der Waals surface area contributed by atoms with Gasteiger partial charge in [-0.05, 0) is 54.3 Å². The molecule has 6 heteroatoms. The number of nitrogens with zero attached hydrogens (tertiary/aromatic N) is 1. The maximum atomic E-state index is 12.3. The van der Waals surface area contributed by atoms with Gasteiger partial charge in [-0.25, -0.2) is 4.79 Å². The molecule has 1 N–H and O–H groups in total.